The molecule has 5 nitrogen and oxygen atoms in total. The fourth-order valence-corrected chi connectivity index (χ4v) is 5.18. The Morgan fingerprint density at radius 3 is 2.79 bits per heavy atom. The van der Waals surface area contributed by atoms with Crippen molar-refractivity contribution in [3.05, 3.63) is 52.8 Å². The molecule has 28 heavy (non-hydrogen) atoms. The Balaban J connectivity index is 1.44. The maximum atomic E-state index is 13.1. The Hall–Kier alpha value is -1.79. The van der Waals surface area contributed by atoms with Crippen molar-refractivity contribution >= 4 is 17.7 Å². The number of carbonyl (C=O) groups is 1. The second-order valence-corrected chi connectivity index (χ2v) is 8.85. The molecule has 1 aliphatic carbocycles. The third-order valence-corrected chi connectivity index (χ3v) is 6.78. The van der Waals surface area contributed by atoms with Gasteiger partial charge in [-0.15, -0.1) is 0 Å². The summed E-state index contributed by atoms with van der Waals surface area (Å²) in [6, 6.07) is 11.0. The zero-order valence-corrected chi connectivity index (χ0v) is 17.5. The molecule has 1 aromatic carbocycles. The third kappa shape index (κ3) is 4.28. The largest absolute Gasteiger partial charge is 0.336 e. The monoisotopic (exact) mass is 398 g/mol. The number of carbonyl (C=O) groups excluding carboxylic acids is 1. The molecule has 0 spiro atoms. The zero-order chi connectivity index (χ0) is 19.3. The Kier molecular flexibility index (Phi) is 6.37. The highest BCUT2D eigenvalue weighted by atomic mass is 32.2. The minimum absolute atomic E-state index is 0.133. The van der Waals surface area contributed by atoms with Gasteiger partial charge >= 0.3 is 0 Å². The van der Waals surface area contributed by atoms with Crippen LogP contribution in [0.3, 0.4) is 0 Å². The van der Waals surface area contributed by atoms with E-state index in [1.165, 1.54) is 16.8 Å². The number of fused-ring (bicyclic) bond motifs is 1. The number of amides is 1. The summed E-state index contributed by atoms with van der Waals surface area (Å²) in [6.07, 6.45) is 4.06. The first kappa shape index (κ1) is 19.5. The van der Waals surface area contributed by atoms with E-state index in [9.17, 15) is 4.79 Å². The lowest BCUT2D eigenvalue weighted by atomic mass is 9.91. The normalized spacial score (nSPS) is 19.5. The number of rotatable bonds is 6. The first-order valence-corrected chi connectivity index (χ1v) is 11.6. The lowest BCUT2D eigenvalue weighted by Gasteiger charge is -2.27. The van der Waals surface area contributed by atoms with Gasteiger partial charge in [-0.05, 0) is 44.7 Å². The van der Waals surface area contributed by atoms with Crippen molar-refractivity contribution in [2.45, 2.75) is 45.2 Å². The van der Waals surface area contributed by atoms with Crippen LogP contribution >= 0.6 is 11.8 Å². The van der Waals surface area contributed by atoms with E-state index in [0.717, 1.165) is 63.4 Å². The quantitative estimate of drug-likeness (QED) is 0.813. The van der Waals surface area contributed by atoms with Gasteiger partial charge in [-0.25, -0.2) is 0 Å². The van der Waals surface area contributed by atoms with Crippen molar-refractivity contribution in [2.24, 2.45) is 0 Å². The molecule has 150 valence electrons. The maximum absolute atomic E-state index is 13.1. The summed E-state index contributed by atoms with van der Waals surface area (Å²) in [4.78, 5) is 15.1. The molecule has 1 atom stereocenters. The standard InChI is InChI=1S/C22H30N4OS/c1-2-26-20-9-8-18(23-11-10-17-6-4-3-5-7-17)16-19(20)21(24-26)22(27)25-12-14-28-15-13-25/h3-7,18,23H,2,8-16H2,1H3. The van der Waals surface area contributed by atoms with Gasteiger partial charge < -0.3 is 10.2 Å². The Bertz CT molecular complexity index is 798. The van der Waals surface area contributed by atoms with Crippen molar-refractivity contribution < 1.29 is 4.79 Å². The van der Waals surface area contributed by atoms with Crippen LogP contribution in [0.1, 0.15) is 40.7 Å². The number of hydrogen-bond acceptors (Lipinski definition) is 4. The summed E-state index contributed by atoms with van der Waals surface area (Å²) in [5, 5.41) is 8.46. The lowest BCUT2D eigenvalue weighted by molar-refractivity contribution is 0.0764. The number of benzene rings is 1. The molecule has 0 saturated carbocycles. The molecule has 1 amide bonds. The first-order valence-electron chi connectivity index (χ1n) is 10.5. The average molecular weight is 399 g/mol. The van der Waals surface area contributed by atoms with Crippen LogP contribution in [0, 0.1) is 0 Å². The van der Waals surface area contributed by atoms with E-state index < -0.39 is 0 Å². The van der Waals surface area contributed by atoms with Crippen LogP contribution in [-0.4, -0.2) is 57.8 Å². The number of aryl methyl sites for hydroxylation is 1. The number of nitrogens with zero attached hydrogens (tertiary/aromatic N) is 3. The topological polar surface area (TPSA) is 50.2 Å². The van der Waals surface area contributed by atoms with Crippen molar-refractivity contribution in [2.75, 3.05) is 31.1 Å². The van der Waals surface area contributed by atoms with E-state index in [4.69, 9.17) is 5.10 Å². The van der Waals surface area contributed by atoms with Crippen molar-refractivity contribution in [1.29, 1.82) is 0 Å². The van der Waals surface area contributed by atoms with Crippen molar-refractivity contribution in [1.82, 2.24) is 20.0 Å². The zero-order valence-electron chi connectivity index (χ0n) is 16.7. The molecule has 1 N–H and O–H groups in total. The highest BCUT2D eigenvalue weighted by molar-refractivity contribution is 7.99. The molecule has 2 aliphatic rings. The third-order valence-electron chi connectivity index (χ3n) is 5.84. The van der Waals surface area contributed by atoms with Crippen molar-refractivity contribution in [3.63, 3.8) is 0 Å². The summed E-state index contributed by atoms with van der Waals surface area (Å²) in [6.45, 7) is 5.60. The van der Waals surface area contributed by atoms with Gasteiger partial charge in [0.15, 0.2) is 5.69 Å². The first-order chi connectivity index (χ1) is 13.8. The van der Waals surface area contributed by atoms with Crippen LogP contribution < -0.4 is 5.32 Å². The Labute approximate surface area is 171 Å². The predicted molar refractivity (Wildman–Crippen MR) is 115 cm³/mol. The molecule has 1 saturated heterocycles. The van der Waals surface area contributed by atoms with Gasteiger partial charge in [-0.3, -0.25) is 9.48 Å². The fraction of sp³-hybridized carbons (Fsp3) is 0.545. The van der Waals surface area contributed by atoms with E-state index >= 15 is 0 Å². The smallest absolute Gasteiger partial charge is 0.274 e. The fourth-order valence-electron chi connectivity index (χ4n) is 4.28. The van der Waals surface area contributed by atoms with Crippen molar-refractivity contribution in [3.8, 4) is 0 Å². The molecule has 4 rings (SSSR count). The van der Waals surface area contributed by atoms with Crippen LogP contribution in [0.5, 0.6) is 0 Å². The molecule has 1 fully saturated rings. The van der Waals surface area contributed by atoms with E-state index in [-0.39, 0.29) is 5.91 Å². The summed E-state index contributed by atoms with van der Waals surface area (Å²) in [5.41, 5.74) is 4.54. The van der Waals surface area contributed by atoms with Crippen LogP contribution in [-0.2, 0) is 25.8 Å². The highest BCUT2D eigenvalue weighted by Gasteiger charge is 2.31. The molecular weight excluding hydrogens is 368 g/mol. The van der Waals surface area contributed by atoms with Crippen LogP contribution in [0.15, 0.2) is 30.3 Å². The Morgan fingerprint density at radius 2 is 2.04 bits per heavy atom. The molecule has 0 radical (unpaired) electrons. The van der Waals surface area contributed by atoms with Gasteiger partial charge in [0.1, 0.15) is 0 Å². The second kappa shape index (κ2) is 9.14. The lowest BCUT2D eigenvalue weighted by Crippen LogP contribution is -2.40. The highest BCUT2D eigenvalue weighted by Crippen LogP contribution is 2.26. The number of hydrogen-bond donors (Lipinski definition) is 1. The van der Waals surface area contributed by atoms with Gasteiger partial charge in [0.25, 0.3) is 5.91 Å². The molecule has 2 aromatic rings. The minimum atomic E-state index is 0.133. The van der Waals surface area contributed by atoms with Gasteiger partial charge in [-0.2, -0.15) is 16.9 Å². The van der Waals surface area contributed by atoms with E-state index in [1.54, 1.807) is 0 Å². The van der Waals surface area contributed by atoms with Gasteiger partial charge in [0.05, 0.1) is 0 Å². The predicted octanol–water partition coefficient (Wildman–Crippen LogP) is 2.78. The number of aromatic nitrogens is 2. The van der Waals surface area contributed by atoms with Gasteiger partial charge in [0.2, 0.25) is 0 Å². The molecular formula is C22H30N4OS. The van der Waals surface area contributed by atoms with Gasteiger partial charge in [-0.1, -0.05) is 30.3 Å². The molecule has 1 aromatic heterocycles. The maximum Gasteiger partial charge on any atom is 0.274 e. The molecule has 6 heteroatoms. The van der Waals surface area contributed by atoms with Crippen LogP contribution in [0.2, 0.25) is 0 Å². The van der Waals surface area contributed by atoms with Crippen LogP contribution in [0.4, 0.5) is 0 Å². The van der Waals surface area contributed by atoms with E-state index in [0.29, 0.717) is 11.7 Å². The average Bonchev–Trinajstić information content (AvgIpc) is 3.12. The van der Waals surface area contributed by atoms with E-state index in [1.807, 2.05) is 16.7 Å². The number of thioether (sulfide) groups is 1. The summed E-state index contributed by atoms with van der Waals surface area (Å²) < 4.78 is 2.06. The van der Waals surface area contributed by atoms with Gasteiger partial charge in [0, 0.05) is 48.4 Å². The second-order valence-electron chi connectivity index (χ2n) is 7.62. The Morgan fingerprint density at radius 1 is 1.25 bits per heavy atom. The van der Waals surface area contributed by atoms with Crippen LogP contribution in [0.25, 0.3) is 0 Å². The molecule has 0 bridgehead atoms. The molecule has 1 unspecified atom stereocenters. The minimum Gasteiger partial charge on any atom is -0.336 e. The summed E-state index contributed by atoms with van der Waals surface area (Å²) in [7, 11) is 0. The molecule has 1 aliphatic heterocycles. The number of nitrogens with one attached hydrogen (secondary N) is 1. The SMILES string of the molecule is CCn1nc(C(=O)N2CCSCC2)c2c1CCC(NCCc1ccccc1)C2. The summed E-state index contributed by atoms with van der Waals surface area (Å²) >= 11 is 1.93. The van der Waals surface area contributed by atoms with E-state index in [2.05, 4.69) is 47.3 Å². The summed E-state index contributed by atoms with van der Waals surface area (Å²) in [5.74, 6) is 2.20. The molecule has 2 heterocycles.